The molecule has 1 amide bonds. The van der Waals surface area contributed by atoms with E-state index in [2.05, 4.69) is 53.0 Å². The molecule has 5 saturated carbocycles. The van der Waals surface area contributed by atoms with Crippen molar-refractivity contribution in [1.29, 1.82) is 0 Å². The summed E-state index contributed by atoms with van der Waals surface area (Å²) in [4.78, 5) is 53.1. The minimum absolute atomic E-state index is 0.107. The van der Waals surface area contributed by atoms with E-state index < -0.39 is 23.3 Å². The highest BCUT2D eigenvalue weighted by Gasteiger charge is 2.72. The maximum atomic E-state index is 15.0. The SMILES string of the molecule is C=C(C)[C@@H]1CC[C@]2(C(=O)N3CCC(CCCC(=O)O)CC3)CC[C@]3(C)[C@H](CC[C@@H]4[C@@]5(C)CC[C@H](OC(=O)CC(C)(C)C(=O)O)C(C)(C)[C@@H]5CC[C@]43C)[C@@H]12. The molecule has 8 heteroatoms. The summed E-state index contributed by atoms with van der Waals surface area (Å²) in [6.07, 6.45) is 13.9. The Labute approximate surface area is 319 Å². The summed E-state index contributed by atoms with van der Waals surface area (Å²) in [5, 5.41) is 18.7. The molecule has 6 fully saturated rings. The molecule has 5 aliphatic carbocycles. The number of carbonyl (C=O) groups excluding carboxylic acids is 2. The van der Waals surface area contributed by atoms with Crippen molar-refractivity contribution in [3.05, 3.63) is 12.2 Å². The lowest BCUT2D eigenvalue weighted by Gasteiger charge is -2.73. The van der Waals surface area contributed by atoms with Crippen molar-refractivity contribution in [2.75, 3.05) is 13.1 Å². The van der Waals surface area contributed by atoms with Crippen LogP contribution in [0.4, 0.5) is 0 Å². The first kappa shape index (κ1) is 40.3. The summed E-state index contributed by atoms with van der Waals surface area (Å²) in [6.45, 7) is 23.9. The van der Waals surface area contributed by atoms with E-state index in [1.165, 1.54) is 12.0 Å². The van der Waals surface area contributed by atoms with Crippen molar-refractivity contribution in [3.8, 4) is 0 Å². The first-order valence-corrected chi connectivity index (χ1v) is 21.2. The third-order valence-corrected chi connectivity index (χ3v) is 17.8. The van der Waals surface area contributed by atoms with Gasteiger partial charge in [0.2, 0.25) is 5.91 Å². The smallest absolute Gasteiger partial charge is 0.309 e. The maximum Gasteiger partial charge on any atom is 0.309 e. The highest BCUT2D eigenvalue weighted by atomic mass is 16.5. The minimum Gasteiger partial charge on any atom is -0.481 e. The second-order valence-corrected chi connectivity index (χ2v) is 21.1. The maximum absolute atomic E-state index is 15.0. The fourth-order valence-electron chi connectivity index (χ4n) is 14.6. The Morgan fingerprint density at radius 1 is 0.811 bits per heavy atom. The van der Waals surface area contributed by atoms with Crippen molar-refractivity contribution in [2.24, 2.45) is 68.0 Å². The molecule has 6 aliphatic rings. The molecule has 0 unspecified atom stereocenters. The van der Waals surface area contributed by atoms with Crippen LogP contribution in [0.2, 0.25) is 0 Å². The summed E-state index contributed by atoms with van der Waals surface area (Å²) < 4.78 is 6.18. The Hall–Kier alpha value is -2.38. The number of fused-ring (bicyclic) bond motifs is 7. The van der Waals surface area contributed by atoms with Gasteiger partial charge in [0.15, 0.2) is 0 Å². The number of amides is 1. The molecule has 2 N–H and O–H groups in total. The molecule has 1 heterocycles. The molecule has 298 valence electrons. The lowest BCUT2D eigenvalue weighted by atomic mass is 9.32. The number of hydrogen-bond acceptors (Lipinski definition) is 5. The van der Waals surface area contributed by atoms with E-state index in [-0.39, 0.29) is 46.0 Å². The van der Waals surface area contributed by atoms with Gasteiger partial charge in [-0.05, 0) is 162 Å². The van der Waals surface area contributed by atoms with Crippen molar-refractivity contribution in [3.63, 3.8) is 0 Å². The van der Waals surface area contributed by atoms with E-state index >= 15 is 0 Å². The molecule has 1 saturated heterocycles. The number of esters is 1. The molecule has 0 aromatic rings. The van der Waals surface area contributed by atoms with E-state index in [0.29, 0.717) is 41.4 Å². The second-order valence-electron chi connectivity index (χ2n) is 21.1. The van der Waals surface area contributed by atoms with Gasteiger partial charge in [0.05, 0.1) is 17.3 Å². The molecule has 0 aromatic carbocycles. The third kappa shape index (κ3) is 6.50. The summed E-state index contributed by atoms with van der Waals surface area (Å²) in [7, 11) is 0. The molecule has 8 nitrogen and oxygen atoms in total. The zero-order valence-electron chi connectivity index (χ0n) is 34.4. The Balaban J connectivity index is 1.21. The predicted molar refractivity (Wildman–Crippen MR) is 206 cm³/mol. The Bertz CT molecular complexity index is 1480. The summed E-state index contributed by atoms with van der Waals surface area (Å²) >= 11 is 0. The third-order valence-electron chi connectivity index (χ3n) is 17.8. The highest BCUT2D eigenvalue weighted by molar-refractivity contribution is 5.84. The minimum atomic E-state index is -1.16. The second kappa shape index (κ2) is 14.0. The van der Waals surface area contributed by atoms with Crippen LogP contribution in [0.1, 0.15) is 158 Å². The first-order valence-electron chi connectivity index (χ1n) is 21.2. The van der Waals surface area contributed by atoms with Crippen LogP contribution in [0.3, 0.4) is 0 Å². The van der Waals surface area contributed by atoms with E-state index in [1.807, 2.05) is 0 Å². The van der Waals surface area contributed by atoms with Gasteiger partial charge in [0.25, 0.3) is 0 Å². The number of nitrogens with zero attached hydrogens (tertiary/aromatic N) is 1. The van der Waals surface area contributed by atoms with Crippen molar-refractivity contribution in [2.45, 2.75) is 164 Å². The molecular formula is C45H71NO7. The van der Waals surface area contributed by atoms with Crippen molar-refractivity contribution in [1.82, 2.24) is 4.90 Å². The van der Waals surface area contributed by atoms with Crippen LogP contribution in [0.25, 0.3) is 0 Å². The van der Waals surface area contributed by atoms with Crippen LogP contribution in [-0.4, -0.2) is 58.1 Å². The number of carboxylic acids is 2. The Kier molecular flexibility index (Phi) is 10.6. The zero-order valence-corrected chi connectivity index (χ0v) is 34.4. The van der Waals surface area contributed by atoms with E-state index in [0.717, 1.165) is 96.6 Å². The first-order chi connectivity index (χ1) is 24.6. The normalized spacial score (nSPS) is 40.9. The lowest BCUT2D eigenvalue weighted by Crippen LogP contribution is -2.67. The van der Waals surface area contributed by atoms with Crippen molar-refractivity contribution >= 4 is 23.8 Å². The van der Waals surface area contributed by atoms with Crippen LogP contribution in [0.5, 0.6) is 0 Å². The van der Waals surface area contributed by atoms with Gasteiger partial charge in [-0.3, -0.25) is 19.2 Å². The Morgan fingerprint density at radius 2 is 1.49 bits per heavy atom. The van der Waals surface area contributed by atoms with Crippen molar-refractivity contribution < 1.29 is 34.1 Å². The lowest BCUT2D eigenvalue weighted by molar-refractivity contribution is -0.250. The quantitative estimate of drug-likeness (QED) is 0.169. The molecule has 0 bridgehead atoms. The largest absolute Gasteiger partial charge is 0.481 e. The molecule has 53 heavy (non-hydrogen) atoms. The number of hydrogen-bond donors (Lipinski definition) is 2. The van der Waals surface area contributed by atoms with E-state index in [9.17, 15) is 24.3 Å². The standard InChI is InChI=1S/C45H71NO7/c1-28(2)30-15-22-45(38(50)46-25-18-29(19-26-46)11-10-12-35(47)48)24-23-43(8)31(37(30)45)13-14-33-42(7)20-17-34(53-36(49)27-40(3,4)39(51)52)41(5,6)32(42)16-21-44(33,43)9/h29-34,37H,1,10-27H2,2-9H3,(H,47,48)(H,51,52)/t30-,31+,32-,33+,34-,37+,42-,43+,44+,45-/m0/s1. The van der Waals surface area contributed by atoms with Crippen LogP contribution in [0, 0.1) is 68.0 Å². The van der Waals surface area contributed by atoms with Gasteiger partial charge in [-0.1, -0.05) is 46.8 Å². The predicted octanol–water partition coefficient (Wildman–Crippen LogP) is 9.55. The fraction of sp³-hybridized carbons (Fsp3) is 0.867. The van der Waals surface area contributed by atoms with Gasteiger partial charge in [0.1, 0.15) is 6.10 Å². The summed E-state index contributed by atoms with van der Waals surface area (Å²) in [5.41, 5.74) is -0.0820. The van der Waals surface area contributed by atoms with Gasteiger partial charge in [0, 0.05) is 24.9 Å². The summed E-state index contributed by atoms with van der Waals surface area (Å²) in [6, 6.07) is 0. The number of likely N-dealkylation sites (tertiary alicyclic amines) is 1. The van der Waals surface area contributed by atoms with Gasteiger partial charge in [-0.25, -0.2) is 0 Å². The Morgan fingerprint density at radius 3 is 2.11 bits per heavy atom. The fourth-order valence-corrected chi connectivity index (χ4v) is 14.6. The molecular weight excluding hydrogens is 666 g/mol. The van der Waals surface area contributed by atoms with Crippen LogP contribution in [0.15, 0.2) is 12.2 Å². The molecule has 1 aliphatic heterocycles. The van der Waals surface area contributed by atoms with E-state index in [1.54, 1.807) is 13.8 Å². The number of carboxylic acid groups (broad SMARTS) is 2. The number of aliphatic carboxylic acids is 2. The van der Waals surface area contributed by atoms with Gasteiger partial charge in [-0.2, -0.15) is 0 Å². The number of ether oxygens (including phenoxy) is 1. The number of carbonyl (C=O) groups is 4. The van der Waals surface area contributed by atoms with Crippen LogP contribution in [-0.2, 0) is 23.9 Å². The molecule has 6 rings (SSSR count). The number of piperidine rings is 1. The average Bonchev–Trinajstić information content (AvgIpc) is 3.47. The number of allylic oxidation sites excluding steroid dienone is 1. The van der Waals surface area contributed by atoms with Gasteiger partial charge in [-0.15, -0.1) is 0 Å². The van der Waals surface area contributed by atoms with Crippen LogP contribution >= 0.6 is 0 Å². The van der Waals surface area contributed by atoms with Gasteiger partial charge < -0.3 is 19.8 Å². The van der Waals surface area contributed by atoms with Crippen LogP contribution < -0.4 is 0 Å². The molecule has 0 aromatic heterocycles. The van der Waals surface area contributed by atoms with Gasteiger partial charge >= 0.3 is 17.9 Å². The highest BCUT2D eigenvalue weighted by Crippen LogP contribution is 2.77. The zero-order chi connectivity index (χ0) is 38.9. The topological polar surface area (TPSA) is 121 Å². The average molecular weight is 738 g/mol. The molecule has 10 atom stereocenters. The molecule has 0 radical (unpaired) electrons. The molecule has 0 spiro atoms. The monoisotopic (exact) mass is 738 g/mol. The summed E-state index contributed by atoms with van der Waals surface area (Å²) in [5.74, 6) is 0.923. The number of rotatable bonds is 10. The van der Waals surface area contributed by atoms with E-state index in [4.69, 9.17) is 9.84 Å².